The molecule has 9 heavy (non-hydrogen) atoms. The molecule has 2 nitrogen and oxygen atoms in total. The van der Waals surface area contributed by atoms with Gasteiger partial charge in [-0.1, -0.05) is 6.92 Å². The molecule has 2 atom stereocenters. The van der Waals surface area contributed by atoms with E-state index in [1.807, 2.05) is 5.01 Å². The quantitative estimate of drug-likeness (QED) is 0.481. The fourth-order valence-corrected chi connectivity index (χ4v) is 1.87. The second-order valence-corrected chi connectivity index (χ2v) is 3.80. The maximum absolute atomic E-state index is 5.64. The third kappa shape index (κ3) is 0.775. The highest BCUT2D eigenvalue weighted by Crippen LogP contribution is 2.56. The maximum atomic E-state index is 5.64. The largest absolute Gasteiger partial charge is 0.269 e. The lowest BCUT2D eigenvalue weighted by atomic mass is 9.99. The average Bonchev–Trinajstić information content (AvgIpc) is 2.41. The van der Waals surface area contributed by atoms with Crippen molar-refractivity contribution in [2.45, 2.75) is 19.8 Å². The summed E-state index contributed by atoms with van der Waals surface area (Å²) >= 11 is 0. The van der Waals surface area contributed by atoms with Crippen LogP contribution < -0.4 is 5.84 Å². The van der Waals surface area contributed by atoms with E-state index in [2.05, 4.69) is 6.92 Å². The number of hydrogen-bond donors (Lipinski definition) is 1. The molecule has 0 bridgehead atoms. The molecule has 0 aromatic heterocycles. The zero-order valence-corrected chi connectivity index (χ0v) is 5.93. The third-order valence-corrected chi connectivity index (χ3v) is 2.96. The number of nitrogens with two attached hydrogens (primary N) is 1. The van der Waals surface area contributed by atoms with Gasteiger partial charge in [0.05, 0.1) is 0 Å². The van der Waals surface area contributed by atoms with Crippen LogP contribution in [0.3, 0.4) is 0 Å². The summed E-state index contributed by atoms with van der Waals surface area (Å²) < 4.78 is 0. The molecule has 1 saturated carbocycles. The Morgan fingerprint density at radius 1 is 1.67 bits per heavy atom. The summed E-state index contributed by atoms with van der Waals surface area (Å²) in [6.07, 6.45) is 2.73. The molecule has 0 amide bonds. The highest BCUT2D eigenvalue weighted by atomic mass is 15.4. The van der Waals surface area contributed by atoms with Crippen LogP contribution in [0.15, 0.2) is 0 Å². The molecular weight excluding hydrogens is 112 g/mol. The molecule has 2 unspecified atom stereocenters. The van der Waals surface area contributed by atoms with Crippen molar-refractivity contribution < 1.29 is 0 Å². The SMILES string of the molecule is CC12CCN(N)CC1C2. The molecule has 2 fully saturated rings. The van der Waals surface area contributed by atoms with Crippen LogP contribution in [-0.2, 0) is 0 Å². The van der Waals surface area contributed by atoms with Crippen LogP contribution in [0, 0.1) is 11.3 Å². The number of hydrazine groups is 1. The van der Waals surface area contributed by atoms with Gasteiger partial charge in [0.25, 0.3) is 0 Å². The van der Waals surface area contributed by atoms with E-state index in [0.29, 0.717) is 5.41 Å². The van der Waals surface area contributed by atoms with Gasteiger partial charge >= 0.3 is 0 Å². The van der Waals surface area contributed by atoms with Gasteiger partial charge in [-0.3, -0.25) is 5.84 Å². The first-order valence-corrected chi connectivity index (χ1v) is 3.70. The number of fused-ring (bicyclic) bond motifs is 1. The van der Waals surface area contributed by atoms with E-state index in [-0.39, 0.29) is 0 Å². The van der Waals surface area contributed by atoms with E-state index < -0.39 is 0 Å². The lowest BCUT2D eigenvalue weighted by Gasteiger charge is -2.25. The number of rotatable bonds is 0. The van der Waals surface area contributed by atoms with Crippen molar-refractivity contribution in [3.63, 3.8) is 0 Å². The summed E-state index contributed by atoms with van der Waals surface area (Å²) in [5, 5.41) is 1.96. The van der Waals surface area contributed by atoms with E-state index in [1.165, 1.54) is 12.8 Å². The van der Waals surface area contributed by atoms with Gasteiger partial charge in [0.15, 0.2) is 0 Å². The van der Waals surface area contributed by atoms with E-state index in [4.69, 9.17) is 5.84 Å². The first kappa shape index (κ1) is 5.69. The highest BCUT2D eigenvalue weighted by molar-refractivity contribution is 5.02. The highest BCUT2D eigenvalue weighted by Gasteiger charge is 2.52. The van der Waals surface area contributed by atoms with Crippen molar-refractivity contribution >= 4 is 0 Å². The van der Waals surface area contributed by atoms with Crippen LogP contribution in [0.25, 0.3) is 0 Å². The maximum Gasteiger partial charge on any atom is 0.0162 e. The van der Waals surface area contributed by atoms with Gasteiger partial charge in [0, 0.05) is 13.1 Å². The van der Waals surface area contributed by atoms with Gasteiger partial charge in [0.2, 0.25) is 0 Å². The summed E-state index contributed by atoms with van der Waals surface area (Å²) in [4.78, 5) is 0. The fourth-order valence-electron chi connectivity index (χ4n) is 1.87. The average molecular weight is 126 g/mol. The van der Waals surface area contributed by atoms with Crippen LogP contribution in [0.1, 0.15) is 19.8 Å². The fraction of sp³-hybridized carbons (Fsp3) is 1.00. The van der Waals surface area contributed by atoms with Gasteiger partial charge in [-0.25, -0.2) is 5.01 Å². The Morgan fingerprint density at radius 3 is 3.00 bits per heavy atom. The molecule has 52 valence electrons. The van der Waals surface area contributed by atoms with Gasteiger partial charge < -0.3 is 0 Å². The van der Waals surface area contributed by atoms with Crippen LogP contribution >= 0.6 is 0 Å². The minimum Gasteiger partial charge on any atom is -0.269 e. The molecular formula is C7H14N2. The van der Waals surface area contributed by atoms with Crippen LogP contribution in [-0.4, -0.2) is 18.1 Å². The molecule has 1 aliphatic heterocycles. The van der Waals surface area contributed by atoms with Crippen molar-refractivity contribution in [2.75, 3.05) is 13.1 Å². The monoisotopic (exact) mass is 126 g/mol. The molecule has 0 spiro atoms. The summed E-state index contributed by atoms with van der Waals surface area (Å²) in [7, 11) is 0. The molecule has 0 radical (unpaired) electrons. The summed E-state index contributed by atoms with van der Waals surface area (Å²) in [6, 6.07) is 0. The van der Waals surface area contributed by atoms with Crippen molar-refractivity contribution in [2.24, 2.45) is 17.2 Å². The van der Waals surface area contributed by atoms with E-state index in [9.17, 15) is 0 Å². The van der Waals surface area contributed by atoms with Crippen molar-refractivity contribution in [3.05, 3.63) is 0 Å². The molecule has 0 aromatic rings. The molecule has 2 rings (SSSR count). The Kier molecular flexibility index (Phi) is 0.945. The van der Waals surface area contributed by atoms with Crippen molar-refractivity contribution in [1.29, 1.82) is 0 Å². The minimum atomic E-state index is 0.704. The normalized spacial score (nSPS) is 50.7. The molecule has 2 N–H and O–H groups in total. The summed E-state index contributed by atoms with van der Waals surface area (Å²) in [6.45, 7) is 4.62. The number of hydrogen-bond acceptors (Lipinski definition) is 2. The smallest absolute Gasteiger partial charge is 0.0162 e. The zero-order chi connectivity index (χ0) is 6.48. The predicted octanol–water partition coefficient (Wildman–Crippen LogP) is 0.592. The van der Waals surface area contributed by atoms with E-state index >= 15 is 0 Å². The van der Waals surface area contributed by atoms with E-state index in [1.54, 1.807) is 0 Å². The molecule has 0 aromatic carbocycles. The summed E-state index contributed by atoms with van der Waals surface area (Å²) in [5.41, 5.74) is 0.704. The van der Waals surface area contributed by atoms with Crippen LogP contribution in [0.2, 0.25) is 0 Å². The van der Waals surface area contributed by atoms with Crippen LogP contribution in [0.5, 0.6) is 0 Å². The first-order valence-electron chi connectivity index (χ1n) is 3.70. The van der Waals surface area contributed by atoms with Gasteiger partial charge in [0.1, 0.15) is 0 Å². The van der Waals surface area contributed by atoms with Crippen molar-refractivity contribution in [3.8, 4) is 0 Å². The topological polar surface area (TPSA) is 29.3 Å². The van der Waals surface area contributed by atoms with Crippen LogP contribution in [0.4, 0.5) is 0 Å². The standard InChI is InChI=1S/C7H14N2/c1-7-2-3-9(8)5-6(7)4-7/h6H,2-5,8H2,1H3. The van der Waals surface area contributed by atoms with Crippen molar-refractivity contribution in [1.82, 2.24) is 5.01 Å². The molecule has 1 heterocycles. The Hall–Kier alpha value is -0.0800. The molecule has 2 aliphatic rings. The Balaban J connectivity index is 2.01. The first-order chi connectivity index (χ1) is 4.21. The lowest BCUT2D eigenvalue weighted by Crippen LogP contribution is -2.39. The number of piperidine rings is 1. The van der Waals surface area contributed by atoms with Gasteiger partial charge in [-0.15, -0.1) is 0 Å². The minimum absolute atomic E-state index is 0.704. The number of nitrogens with zero attached hydrogens (tertiary/aromatic N) is 1. The van der Waals surface area contributed by atoms with Gasteiger partial charge in [-0.05, 0) is 24.2 Å². The molecule has 1 saturated heterocycles. The second-order valence-electron chi connectivity index (χ2n) is 3.80. The second kappa shape index (κ2) is 1.50. The predicted molar refractivity (Wildman–Crippen MR) is 36.6 cm³/mol. The molecule has 2 heteroatoms. The third-order valence-electron chi connectivity index (χ3n) is 2.96. The Bertz CT molecular complexity index is 135. The zero-order valence-electron chi connectivity index (χ0n) is 5.93. The van der Waals surface area contributed by atoms with E-state index in [0.717, 1.165) is 19.0 Å². The lowest BCUT2D eigenvalue weighted by molar-refractivity contribution is 0.190. The molecule has 1 aliphatic carbocycles. The van der Waals surface area contributed by atoms with Gasteiger partial charge in [-0.2, -0.15) is 0 Å². The summed E-state index contributed by atoms with van der Waals surface area (Å²) in [5.74, 6) is 6.57. The Morgan fingerprint density at radius 2 is 2.44 bits per heavy atom. The Labute approximate surface area is 56.0 Å².